The average molecular weight is 1210 g/mol. The van der Waals surface area contributed by atoms with Crippen LogP contribution >= 0.6 is 0 Å². The van der Waals surface area contributed by atoms with Crippen LogP contribution in [-0.2, 0) is 0 Å². The van der Waals surface area contributed by atoms with E-state index < -0.39 is 0 Å². The van der Waals surface area contributed by atoms with Crippen molar-refractivity contribution in [2.75, 3.05) is 0 Å². The van der Waals surface area contributed by atoms with Crippen LogP contribution in [0.1, 0.15) is 0 Å². The quantitative estimate of drug-likeness (QED) is 0.140. The molecule has 0 aliphatic rings. The highest BCUT2D eigenvalue weighted by Crippen LogP contribution is 2.44. The molecule has 0 saturated heterocycles. The van der Waals surface area contributed by atoms with Crippen LogP contribution < -0.4 is 0 Å². The van der Waals surface area contributed by atoms with E-state index >= 15 is 0 Å². The third-order valence-electron chi connectivity index (χ3n) is 17.2. The zero-order valence-corrected chi connectivity index (χ0v) is 49.4. The molecule has 0 aliphatic heterocycles. The van der Waals surface area contributed by atoms with E-state index in [1.807, 2.05) is 237 Å². The van der Waals surface area contributed by atoms with E-state index in [4.69, 9.17) is 66.4 Å². The molecule has 0 N–H and O–H groups in total. The van der Waals surface area contributed by atoms with Gasteiger partial charge in [-0.1, -0.05) is 182 Å². The highest BCUT2D eigenvalue weighted by Gasteiger charge is 2.25. The normalized spacial score (nSPS) is 11.8. The van der Waals surface area contributed by atoms with Crippen LogP contribution in [0.3, 0.4) is 0 Å². The molecule has 0 atom stereocenters. The molecular weight excluding hydrogens is 1170 g/mol. The minimum absolute atomic E-state index is 0.506. The Morgan fingerprint density at radius 3 is 1.06 bits per heavy atom. The van der Waals surface area contributed by atoms with Crippen molar-refractivity contribution in [2.24, 2.45) is 0 Å². The minimum atomic E-state index is 0.506. The maximum absolute atomic E-state index is 6.54. The van der Waals surface area contributed by atoms with E-state index in [9.17, 15) is 0 Å². The third kappa shape index (κ3) is 8.73. The summed E-state index contributed by atoms with van der Waals surface area (Å²) >= 11 is 0. The Kier molecular flexibility index (Phi) is 11.9. The summed E-state index contributed by atoms with van der Waals surface area (Å²) in [6, 6.07) is 87.6. The Balaban J connectivity index is 0.000000133. The fourth-order valence-corrected chi connectivity index (χ4v) is 12.9. The van der Waals surface area contributed by atoms with Crippen LogP contribution in [0.15, 0.2) is 293 Å². The van der Waals surface area contributed by atoms with E-state index in [1.54, 1.807) is 0 Å². The van der Waals surface area contributed by atoms with E-state index in [0.29, 0.717) is 63.5 Å². The van der Waals surface area contributed by atoms with Gasteiger partial charge in [0.15, 0.2) is 46.1 Å². The summed E-state index contributed by atoms with van der Waals surface area (Å²) in [4.78, 5) is 39.8. The standard InChI is InChI=1S/2C40H22N4O3/c1-2-11-23(12-3-1)37-42-38(26-15-9-21-32-34(26)24-13-4-6-19-30(24)45-32)44-39(43-37)27-16-10-22-33-35(27)25-14-8-17-28(36(25)46-33)40-41-29-18-5-7-20-31(29)47-40;1-2-10-23(11-3-1)37-42-38(24-20-21-32-29(22-24)25-12-4-6-17-31(25)45-32)44-39(43-37)27-14-9-19-34-35(27)26-13-8-15-28(36(26)46-34)40-41-30-16-5-7-18-33(30)47-40/h2*1-22H. The Bertz CT molecular complexity index is 6330. The molecule has 0 unspecified atom stereocenters. The highest BCUT2D eigenvalue weighted by molar-refractivity contribution is 6.17. The number of para-hydroxylation sites is 8. The molecule has 94 heavy (non-hydrogen) atoms. The first-order valence-corrected chi connectivity index (χ1v) is 30.6. The number of furan rings is 4. The van der Waals surface area contributed by atoms with Gasteiger partial charge in [0.25, 0.3) is 0 Å². The van der Waals surface area contributed by atoms with E-state index in [1.165, 1.54) is 0 Å². The molecule has 0 aliphatic carbocycles. The number of rotatable bonds is 8. The highest BCUT2D eigenvalue weighted by atomic mass is 16.4. The van der Waals surface area contributed by atoms with Crippen molar-refractivity contribution in [3.8, 4) is 91.2 Å². The second-order valence-corrected chi connectivity index (χ2v) is 22.8. The molecule has 8 aromatic heterocycles. The predicted molar refractivity (Wildman–Crippen MR) is 367 cm³/mol. The van der Waals surface area contributed by atoms with Gasteiger partial charge in [-0.15, -0.1) is 0 Å². The second kappa shape index (κ2) is 21.2. The van der Waals surface area contributed by atoms with Crippen molar-refractivity contribution in [1.82, 2.24) is 39.9 Å². The third-order valence-corrected chi connectivity index (χ3v) is 17.2. The summed E-state index contributed by atoms with van der Waals surface area (Å²) in [5.74, 6) is 4.39. The molecule has 8 heterocycles. The lowest BCUT2D eigenvalue weighted by Gasteiger charge is -2.10. The Morgan fingerprint density at radius 1 is 0.191 bits per heavy atom. The Morgan fingerprint density at radius 2 is 0.543 bits per heavy atom. The van der Waals surface area contributed by atoms with Gasteiger partial charge in [-0.05, 0) is 84.9 Å². The van der Waals surface area contributed by atoms with Crippen molar-refractivity contribution >= 4 is 110 Å². The summed E-state index contributed by atoms with van der Waals surface area (Å²) in [6.45, 7) is 0. The van der Waals surface area contributed by atoms with E-state index in [2.05, 4.69) is 30.3 Å². The smallest absolute Gasteiger partial charge is 0.231 e. The summed E-state index contributed by atoms with van der Waals surface area (Å²) < 4.78 is 37.7. The van der Waals surface area contributed by atoms with Gasteiger partial charge in [0.05, 0.1) is 11.1 Å². The number of benzene rings is 12. The topological polar surface area (TPSA) is 182 Å². The van der Waals surface area contributed by atoms with Crippen LogP contribution in [-0.4, -0.2) is 39.9 Å². The van der Waals surface area contributed by atoms with Crippen LogP contribution in [0, 0.1) is 0 Å². The number of fused-ring (bicyclic) bond motifs is 14. The lowest BCUT2D eigenvalue weighted by atomic mass is 10.0. The minimum Gasteiger partial charge on any atom is -0.456 e. The number of nitrogens with zero attached hydrogens (tertiary/aromatic N) is 8. The fourth-order valence-electron chi connectivity index (χ4n) is 12.9. The lowest BCUT2D eigenvalue weighted by Crippen LogP contribution is -2.00. The number of aromatic nitrogens is 8. The number of hydrogen-bond donors (Lipinski definition) is 0. The molecule has 14 nitrogen and oxygen atoms in total. The van der Waals surface area contributed by atoms with Gasteiger partial charge in [-0.25, -0.2) is 39.9 Å². The summed E-state index contributed by atoms with van der Waals surface area (Å²) in [5.41, 5.74) is 15.9. The SMILES string of the molecule is c1ccc(-c2nc(-c3ccc4oc5ccccc5c4c3)nc(-c3cccc4oc5c(-c6nc7ccccc7o6)cccc5c34)n2)cc1.c1ccc(-c2nc(-c3cccc4oc5ccccc5c34)nc(-c3cccc4oc5c(-c6nc7ccccc7o6)cccc5c34)n2)cc1. The van der Waals surface area contributed by atoms with E-state index in [-0.39, 0.29) is 0 Å². The zero-order chi connectivity index (χ0) is 61.8. The van der Waals surface area contributed by atoms with Crippen molar-refractivity contribution in [3.05, 3.63) is 267 Å². The molecule has 440 valence electrons. The molecule has 0 bridgehead atoms. The first-order valence-electron chi connectivity index (χ1n) is 30.6. The number of oxazole rings is 2. The molecule has 0 fully saturated rings. The van der Waals surface area contributed by atoms with Gasteiger partial charge in [0.1, 0.15) is 55.7 Å². The second-order valence-electron chi connectivity index (χ2n) is 22.8. The lowest BCUT2D eigenvalue weighted by molar-refractivity contribution is 0.614. The first kappa shape index (κ1) is 52.7. The molecule has 0 amide bonds. The maximum Gasteiger partial charge on any atom is 0.231 e. The summed E-state index contributed by atoms with van der Waals surface area (Å²) in [7, 11) is 0. The van der Waals surface area contributed by atoms with Gasteiger partial charge in [0.2, 0.25) is 11.8 Å². The molecule has 0 radical (unpaired) electrons. The van der Waals surface area contributed by atoms with Crippen molar-refractivity contribution < 1.29 is 26.5 Å². The van der Waals surface area contributed by atoms with Gasteiger partial charge in [0, 0.05) is 76.5 Å². The van der Waals surface area contributed by atoms with Crippen LogP contribution in [0.4, 0.5) is 0 Å². The first-order chi connectivity index (χ1) is 46.5. The maximum atomic E-state index is 6.54. The predicted octanol–water partition coefficient (Wildman–Crippen LogP) is 21.0. The summed E-state index contributed by atoms with van der Waals surface area (Å²) in [5, 5.41) is 7.69. The van der Waals surface area contributed by atoms with E-state index in [0.717, 1.165) is 138 Å². The van der Waals surface area contributed by atoms with Crippen LogP contribution in [0.2, 0.25) is 0 Å². The largest absolute Gasteiger partial charge is 0.456 e. The summed E-state index contributed by atoms with van der Waals surface area (Å²) in [6.07, 6.45) is 0. The van der Waals surface area contributed by atoms with Gasteiger partial charge >= 0.3 is 0 Å². The molecule has 14 heteroatoms. The molecule has 20 aromatic rings. The molecule has 20 rings (SSSR count). The van der Waals surface area contributed by atoms with Crippen molar-refractivity contribution in [2.45, 2.75) is 0 Å². The van der Waals surface area contributed by atoms with Crippen LogP contribution in [0.5, 0.6) is 0 Å². The average Bonchev–Trinajstić information content (AvgIpc) is 1.56. The molecule has 0 spiro atoms. The van der Waals surface area contributed by atoms with Gasteiger partial charge < -0.3 is 26.5 Å². The fraction of sp³-hybridized carbons (Fsp3) is 0. The number of hydrogen-bond acceptors (Lipinski definition) is 14. The molecular formula is C80H44N8O6. The zero-order valence-electron chi connectivity index (χ0n) is 49.4. The van der Waals surface area contributed by atoms with Crippen LogP contribution in [0.25, 0.3) is 201 Å². The Labute approximate surface area is 531 Å². The van der Waals surface area contributed by atoms with Gasteiger partial charge in [-0.3, -0.25) is 0 Å². The Hall–Kier alpha value is -13.2. The van der Waals surface area contributed by atoms with Crippen molar-refractivity contribution in [1.29, 1.82) is 0 Å². The van der Waals surface area contributed by atoms with Crippen molar-refractivity contribution in [3.63, 3.8) is 0 Å². The molecule has 12 aromatic carbocycles. The van der Waals surface area contributed by atoms with Gasteiger partial charge in [-0.2, -0.15) is 0 Å². The monoisotopic (exact) mass is 1210 g/mol. The molecule has 0 saturated carbocycles.